The quantitative estimate of drug-likeness (QED) is 0.664. The molecule has 1 aromatic carbocycles. The van der Waals surface area contributed by atoms with Gasteiger partial charge in [0.2, 0.25) is 17.8 Å². The van der Waals surface area contributed by atoms with E-state index in [-0.39, 0.29) is 41.0 Å². The van der Waals surface area contributed by atoms with Crippen LogP contribution in [0.3, 0.4) is 0 Å². The maximum atomic E-state index is 12.9. The number of nitrogens with one attached hydrogen (secondary N) is 3. The highest BCUT2D eigenvalue weighted by Crippen LogP contribution is 2.34. The van der Waals surface area contributed by atoms with Crippen LogP contribution in [0.4, 0.5) is 5.95 Å². The van der Waals surface area contributed by atoms with Crippen LogP contribution in [-0.4, -0.2) is 40.3 Å². The molecule has 174 valence electrons. The number of carbonyl (C=O) groups excluding carboxylic acids is 3. The molecule has 8 nitrogen and oxygen atoms in total. The summed E-state index contributed by atoms with van der Waals surface area (Å²) < 4.78 is 0. The molecule has 3 amide bonds. The van der Waals surface area contributed by atoms with Crippen LogP contribution in [0.5, 0.6) is 0 Å². The molecule has 8 heteroatoms. The molecular formula is C25H31N5O3. The summed E-state index contributed by atoms with van der Waals surface area (Å²) in [5.74, 6) is -0.182. The predicted octanol–water partition coefficient (Wildman–Crippen LogP) is 3.11. The molecule has 33 heavy (non-hydrogen) atoms. The molecule has 2 aliphatic rings. The van der Waals surface area contributed by atoms with E-state index in [1.165, 1.54) is 6.92 Å². The van der Waals surface area contributed by atoms with Gasteiger partial charge in [0.25, 0.3) is 5.91 Å². The second-order valence-corrected chi connectivity index (χ2v) is 9.80. The van der Waals surface area contributed by atoms with Gasteiger partial charge in [-0.25, -0.2) is 9.97 Å². The number of amides is 3. The molecule has 1 saturated carbocycles. The molecule has 0 unspecified atom stereocenters. The van der Waals surface area contributed by atoms with Crippen LogP contribution < -0.4 is 16.0 Å². The Bertz CT molecular complexity index is 1110. The summed E-state index contributed by atoms with van der Waals surface area (Å²) in [7, 11) is 0. The summed E-state index contributed by atoms with van der Waals surface area (Å²) in [6.45, 7) is 8.21. The van der Waals surface area contributed by atoms with E-state index in [0.29, 0.717) is 18.5 Å². The Hall–Kier alpha value is -3.29. The van der Waals surface area contributed by atoms with Crippen molar-refractivity contribution in [1.29, 1.82) is 0 Å². The number of fused-ring (bicyclic) bond motifs is 1. The molecule has 0 radical (unpaired) electrons. The Kier molecular flexibility index (Phi) is 6.19. The highest BCUT2D eigenvalue weighted by molar-refractivity contribution is 5.98. The Morgan fingerprint density at radius 1 is 1.21 bits per heavy atom. The van der Waals surface area contributed by atoms with E-state index in [4.69, 9.17) is 0 Å². The minimum Gasteiger partial charge on any atom is -0.354 e. The molecule has 2 heterocycles. The zero-order chi connectivity index (χ0) is 23.8. The number of benzene rings is 1. The smallest absolute Gasteiger partial charge is 0.251 e. The molecule has 3 N–H and O–H groups in total. The third-order valence-corrected chi connectivity index (χ3v) is 6.62. The Balaban J connectivity index is 1.56. The fraction of sp³-hybridized carbons (Fsp3) is 0.480. The zero-order valence-electron chi connectivity index (χ0n) is 19.6. The van der Waals surface area contributed by atoms with Crippen molar-refractivity contribution in [2.75, 3.05) is 11.9 Å². The third kappa shape index (κ3) is 4.89. The van der Waals surface area contributed by atoms with Crippen LogP contribution in [-0.2, 0) is 15.0 Å². The first-order valence-corrected chi connectivity index (χ1v) is 11.5. The lowest BCUT2D eigenvalue weighted by Crippen LogP contribution is -2.43. The van der Waals surface area contributed by atoms with Gasteiger partial charge in [0.15, 0.2) is 0 Å². The molecule has 2 aromatic rings. The fourth-order valence-electron chi connectivity index (χ4n) is 4.79. The van der Waals surface area contributed by atoms with E-state index in [0.717, 1.165) is 41.6 Å². The molecule has 1 aliphatic heterocycles. The summed E-state index contributed by atoms with van der Waals surface area (Å²) in [6.07, 6.45) is 4.88. The highest BCUT2D eigenvalue weighted by Gasteiger charge is 2.32. The fourth-order valence-corrected chi connectivity index (χ4v) is 4.79. The minimum absolute atomic E-state index is 0.0255. The molecular weight excluding hydrogens is 418 g/mol. The summed E-state index contributed by atoms with van der Waals surface area (Å²) in [4.78, 5) is 45.5. The van der Waals surface area contributed by atoms with Crippen molar-refractivity contribution in [3.05, 3.63) is 41.1 Å². The van der Waals surface area contributed by atoms with Crippen molar-refractivity contribution < 1.29 is 14.4 Å². The van der Waals surface area contributed by atoms with Crippen molar-refractivity contribution in [2.45, 2.75) is 64.8 Å². The number of rotatable bonds is 4. The third-order valence-electron chi connectivity index (χ3n) is 6.62. The van der Waals surface area contributed by atoms with Gasteiger partial charge in [-0.2, -0.15) is 0 Å². The standard InChI is InChI=1S/C25H31N5O3/c1-14-12-26-24(30-22(32)17-6-5-7-18(10-17)28-15(2)31)29-21(14)16-8-9-19-20(11-16)25(3,4)13-27-23(19)33/h8-9,11-12,17-18H,5-7,10,13H2,1-4H3,(H,27,33)(H,28,31)(H,26,29,30,32)/t17-,18+/m0/s1. The molecule has 2 atom stereocenters. The van der Waals surface area contributed by atoms with Gasteiger partial charge in [-0.1, -0.05) is 26.3 Å². The maximum Gasteiger partial charge on any atom is 0.251 e. The predicted molar refractivity (Wildman–Crippen MR) is 126 cm³/mol. The topological polar surface area (TPSA) is 113 Å². The van der Waals surface area contributed by atoms with E-state index in [9.17, 15) is 14.4 Å². The normalized spacial score (nSPS) is 21.5. The number of aryl methyl sites for hydroxylation is 1. The maximum absolute atomic E-state index is 12.9. The highest BCUT2D eigenvalue weighted by atomic mass is 16.2. The van der Waals surface area contributed by atoms with Crippen molar-refractivity contribution in [2.24, 2.45) is 5.92 Å². The zero-order valence-corrected chi connectivity index (χ0v) is 19.6. The van der Waals surface area contributed by atoms with Crippen LogP contribution in [0.2, 0.25) is 0 Å². The van der Waals surface area contributed by atoms with Gasteiger partial charge in [-0.05, 0) is 49.4 Å². The van der Waals surface area contributed by atoms with Crippen LogP contribution in [0.25, 0.3) is 11.3 Å². The van der Waals surface area contributed by atoms with Crippen LogP contribution in [0.15, 0.2) is 24.4 Å². The van der Waals surface area contributed by atoms with Gasteiger partial charge in [0, 0.05) is 48.2 Å². The van der Waals surface area contributed by atoms with Gasteiger partial charge < -0.3 is 10.6 Å². The number of aromatic nitrogens is 2. The minimum atomic E-state index is -0.192. The van der Waals surface area contributed by atoms with Gasteiger partial charge in [-0.3, -0.25) is 19.7 Å². The Labute approximate surface area is 194 Å². The number of hydrogen-bond acceptors (Lipinski definition) is 5. The average Bonchev–Trinajstić information content (AvgIpc) is 2.77. The van der Waals surface area contributed by atoms with Crippen molar-refractivity contribution >= 4 is 23.7 Å². The number of nitrogens with zero attached hydrogens (tertiary/aromatic N) is 2. The van der Waals surface area contributed by atoms with Crippen molar-refractivity contribution in [3.8, 4) is 11.3 Å². The first-order chi connectivity index (χ1) is 15.6. The SMILES string of the molecule is CC(=O)N[C@@H]1CCC[C@H](C(=O)Nc2ncc(C)c(-c3ccc4c(c3)C(C)(C)CNC4=O)n2)C1. The second-order valence-electron chi connectivity index (χ2n) is 9.80. The molecule has 1 aliphatic carbocycles. The molecule has 1 fully saturated rings. The van der Waals surface area contributed by atoms with Crippen molar-refractivity contribution in [3.63, 3.8) is 0 Å². The number of hydrogen-bond donors (Lipinski definition) is 3. The molecule has 0 bridgehead atoms. The molecule has 4 rings (SSSR count). The lowest BCUT2D eigenvalue weighted by Gasteiger charge is -2.32. The molecule has 0 spiro atoms. The van der Waals surface area contributed by atoms with E-state index in [1.807, 2.05) is 25.1 Å². The summed E-state index contributed by atoms with van der Waals surface area (Å²) in [5, 5.41) is 8.73. The summed E-state index contributed by atoms with van der Waals surface area (Å²) in [5.41, 5.74) is 3.97. The van der Waals surface area contributed by atoms with E-state index in [2.05, 4.69) is 39.8 Å². The van der Waals surface area contributed by atoms with Crippen LogP contribution >= 0.6 is 0 Å². The largest absolute Gasteiger partial charge is 0.354 e. The summed E-state index contributed by atoms with van der Waals surface area (Å²) >= 11 is 0. The second kappa shape index (κ2) is 8.92. The lowest BCUT2D eigenvalue weighted by molar-refractivity contribution is -0.123. The first-order valence-electron chi connectivity index (χ1n) is 11.5. The Morgan fingerprint density at radius 2 is 2.00 bits per heavy atom. The van der Waals surface area contributed by atoms with Crippen molar-refractivity contribution in [1.82, 2.24) is 20.6 Å². The first kappa shape index (κ1) is 22.9. The van der Waals surface area contributed by atoms with E-state index in [1.54, 1.807) is 6.20 Å². The van der Waals surface area contributed by atoms with E-state index >= 15 is 0 Å². The molecule has 1 aromatic heterocycles. The van der Waals surface area contributed by atoms with Gasteiger partial charge in [0.1, 0.15) is 0 Å². The van der Waals surface area contributed by atoms with Crippen LogP contribution in [0.1, 0.15) is 67.9 Å². The van der Waals surface area contributed by atoms with Crippen LogP contribution in [0, 0.1) is 12.8 Å². The Morgan fingerprint density at radius 3 is 2.76 bits per heavy atom. The lowest BCUT2D eigenvalue weighted by atomic mass is 9.78. The number of carbonyl (C=O) groups is 3. The average molecular weight is 450 g/mol. The molecule has 0 saturated heterocycles. The van der Waals surface area contributed by atoms with E-state index < -0.39 is 0 Å². The summed E-state index contributed by atoms with van der Waals surface area (Å²) in [6, 6.07) is 5.77. The van der Waals surface area contributed by atoms with Gasteiger partial charge in [0.05, 0.1) is 5.69 Å². The number of anilines is 1. The van der Waals surface area contributed by atoms with Gasteiger partial charge in [-0.15, -0.1) is 0 Å². The monoisotopic (exact) mass is 449 g/mol. The van der Waals surface area contributed by atoms with Gasteiger partial charge >= 0.3 is 0 Å².